The molecule has 0 aromatic heterocycles. The highest BCUT2D eigenvalue weighted by Gasteiger charge is 2.24. The van der Waals surface area contributed by atoms with E-state index < -0.39 is 10.0 Å². The van der Waals surface area contributed by atoms with Crippen LogP contribution in [0.3, 0.4) is 0 Å². The Morgan fingerprint density at radius 3 is 2.31 bits per heavy atom. The van der Waals surface area contributed by atoms with Gasteiger partial charge in [0.1, 0.15) is 0 Å². The first-order valence-electron chi connectivity index (χ1n) is 5.20. The minimum atomic E-state index is -3.08. The third kappa shape index (κ3) is 3.32. The molecular formula is C8H19N5O2S. The number of hydrogen-bond acceptors (Lipinski definition) is 4. The number of aliphatic imine (C=N–C) groups is 1. The van der Waals surface area contributed by atoms with Crippen LogP contribution in [0.4, 0.5) is 0 Å². The molecule has 1 saturated heterocycles. The summed E-state index contributed by atoms with van der Waals surface area (Å²) >= 11 is 0. The van der Waals surface area contributed by atoms with Gasteiger partial charge in [-0.15, -0.1) is 0 Å². The Morgan fingerprint density at radius 2 is 1.94 bits per heavy atom. The lowest BCUT2D eigenvalue weighted by Gasteiger charge is -2.34. The summed E-state index contributed by atoms with van der Waals surface area (Å²) in [6, 6.07) is 0. The van der Waals surface area contributed by atoms with Gasteiger partial charge in [0.25, 0.3) is 0 Å². The predicted octanol–water partition coefficient (Wildman–Crippen LogP) is -1.60. The van der Waals surface area contributed by atoms with Crippen LogP contribution in [0, 0.1) is 0 Å². The Morgan fingerprint density at radius 1 is 1.38 bits per heavy atom. The third-order valence-corrected chi connectivity index (χ3v) is 3.75. The second-order valence-corrected chi connectivity index (χ2v) is 5.57. The number of hydrazine groups is 1. The minimum Gasteiger partial charge on any atom is -0.339 e. The van der Waals surface area contributed by atoms with Crippen LogP contribution in [0.25, 0.3) is 0 Å². The number of nitrogens with one attached hydrogen (secondary N) is 1. The van der Waals surface area contributed by atoms with Crippen molar-refractivity contribution in [3.63, 3.8) is 0 Å². The maximum Gasteiger partial charge on any atom is 0.211 e. The molecule has 16 heavy (non-hydrogen) atoms. The molecule has 8 heteroatoms. The molecule has 0 bridgehead atoms. The molecule has 7 nitrogen and oxygen atoms in total. The van der Waals surface area contributed by atoms with Crippen molar-refractivity contribution in [2.45, 2.75) is 6.92 Å². The van der Waals surface area contributed by atoms with Crippen LogP contribution in [0.5, 0.6) is 0 Å². The molecular weight excluding hydrogens is 230 g/mol. The Kier molecular flexibility index (Phi) is 4.51. The van der Waals surface area contributed by atoms with Crippen molar-refractivity contribution in [1.29, 1.82) is 0 Å². The van der Waals surface area contributed by atoms with Crippen molar-refractivity contribution >= 4 is 16.0 Å². The molecule has 0 amide bonds. The van der Waals surface area contributed by atoms with E-state index in [1.807, 2.05) is 11.8 Å². The largest absolute Gasteiger partial charge is 0.339 e. The Bertz CT molecular complexity index is 345. The standard InChI is InChI=1S/C8H19N5O2S/c1-3-10-8(11-9)12-4-6-13(7-5-12)16(2,14)15/h3-7,9H2,1-2H3,(H,10,11). The molecule has 0 atom stereocenters. The summed E-state index contributed by atoms with van der Waals surface area (Å²) in [7, 11) is -3.08. The number of nitrogens with zero attached hydrogens (tertiary/aromatic N) is 3. The van der Waals surface area contributed by atoms with Gasteiger partial charge < -0.3 is 4.90 Å². The van der Waals surface area contributed by atoms with Gasteiger partial charge in [0.15, 0.2) is 0 Å². The van der Waals surface area contributed by atoms with Crippen molar-refractivity contribution in [2.75, 3.05) is 39.0 Å². The quantitative estimate of drug-likeness (QED) is 0.266. The fourth-order valence-corrected chi connectivity index (χ4v) is 2.44. The lowest BCUT2D eigenvalue weighted by atomic mass is 10.4. The second kappa shape index (κ2) is 5.46. The summed E-state index contributed by atoms with van der Waals surface area (Å²) in [5.41, 5.74) is 2.53. The number of rotatable bonds is 2. The third-order valence-electron chi connectivity index (χ3n) is 2.44. The SMILES string of the molecule is CCN=C(NN)N1CCN(S(C)(=O)=O)CC1. The molecule has 0 unspecified atom stereocenters. The van der Waals surface area contributed by atoms with Crippen LogP contribution in [-0.2, 0) is 10.0 Å². The second-order valence-electron chi connectivity index (χ2n) is 3.59. The maximum atomic E-state index is 11.3. The van der Waals surface area contributed by atoms with E-state index in [1.165, 1.54) is 10.6 Å². The first-order valence-corrected chi connectivity index (χ1v) is 7.05. The zero-order valence-corrected chi connectivity index (χ0v) is 10.5. The average molecular weight is 249 g/mol. The van der Waals surface area contributed by atoms with E-state index in [1.54, 1.807) is 0 Å². The van der Waals surface area contributed by atoms with Gasteiger partial charge in [0.05, 0.1) is 6.26 Å². The van der Waals surface area contributed by atoms with Gasteiger partial charge in [-0.2, -0.15) is 4.31 Å². The Hall–Kier alpha value is -0.860. The number of sulfonamides is 1. The van der Waals surface area contributed by atoms with Crippen molar-refractivity contribution in [3.05, 3.63) is 0 Å². The summed E-state index contributed by atoms with van der Waals surface area (Å²) < 4.78 is 24.1. The van der Waals surface area contributed by atoms with Crippen LogP contribution in [0.2, 0.25) is 0 Å². The van der Waals surface area contributed by atoms with E-state index in [4.69, 9.17) is 5.84 Å². The van der Waals surface area contributed by atoms with Crippen LogP contribution in [0.1, 0.15) is 6.92 Å². The molecule has 0 spiro atoms. The first-order chi connectivity index (χ1) is 7.49. The summed E-state index contributed by atoms with van der Waals surface area (Å²) in [4.78, 5) is 6.14. The van der Waals surface area contributed by atoms with Crippen molar-refractivity contribution < 1.29 is 8.42 Å². The fourth-order valence-electron chi connectivity index (χ4n) is 1.62. The van der Waals surface area contributed by atoms with E-state index in [2.05, 4.69) is 10.4 Å². The van der Waals surface area contributed by atoms with Gasteiger partial charge in [-0.3, -0.25) is 10.4 Å². The van der Waals surface area contributed by atoms with Crippen molar-refractivity contribution in [2.24, 2.45) is 10.8 Å². The monoisotopic (exact) mass is 249 g/mol. The molecule has 1 heterocycles. The smallest absolute Gasteiger partial charge is 0.211 e. The Labute approximate surface area is 96.3 Å². The van der Waals surface area contributed by atoms with Gasteiger partial charge in [0.2, 0.25) is 16.0 Å². The molecule has 3 N–H and O–H groups in total. The molecule has 94 valence electrons. The van der Waals surface area contributed by atoms with E-state index in [0.717, 1.165) is 0 Å². The van der Waals surface area contributed by atoms with Gasteiger partial charge in [-0.05, 0) is 6.92 Å². The maximum absolute atomic E-state index is 11.3. The molecule has 1 aliphatic rings. The lowest BCUT2D eigenvalue weighted by molar-refractivity contribution is 0.261. The van der Waals surface area contributed by atoms with E-state index in [-0.39, 0.29) is 0 Å². The first kappa shape index (κ1) is 13.2. The molecule has 1 rings (SSSR count). The Balaban J connectivity index is 2.58. The lowest BCUT2D eigenvalue weighted by Crippen LogP contribution is -2.54. The fraction of sp³-hybridized carbons (Fsp3) is 0.875. The predicted molar refractivity (Wildman–Crippen MR) is 63.3 cm³/mol. The highest BCUT2D eigenvalue weighted by Crippen LogP contribution is 2.05. The van der Waals surface area contributed by atoms with Crippen molar-refractivity contribution in [3.8, 4) is 0 Å². The van der Waals surface area contributed by atoms with E-state index in [0.29, 0.717) is 38.7 Å². The molecule has 0 aromatic rings. The van der Waals surface area contributed by atoms with Gasteiger partial charge in [0, 0.05) is 32.7 Å². The number of nitrogens with two attached hydrogens (primary N) is 1. The molecule has 0 aromatic carbocycles. The van der Waals surface area contributed by atoms with Gasteiger partial charge in [-0.25, -0.2) is 14.3 Å². The van der Waals surface area contributed by atoms with Crippen LogP contribution >= 0.6 is 0 Å². The topological polar surface area (TPSA) is 91.0 Å². The molecule has 0 aliphatic carbocycles. The highest BCUT2D eigenvalue weighted by atomic mass is 32.2. The summed E-state index contributed by atoms with van der Waals surface area (Å²) in [5.74, 6) is 5.98. The van der Waals surface area contributed by atoms with Crippen molar-refractivity contribution in [1.82, 2.24) is 14.6 Å². The molecule has 1 aliphatic heterocycles. The van der Waals surface area contributed by atoms with E-state index in [9.17, 15) is 8.42 Å². The molecule has 0 saturated carbocycles. The summed E-state index contributed by atoms with van der Waals surface area (Å²) in [6.45, 7) is 4.73. The molecule has 1 fully saturated rings. The van der Waals surface area contributed by atoms with E-state index >= 15 is 0 Å². The summed E-state index contributed by atoms with van der Waals surface area (Å²) in [5, 5.41) is 0. The summed E-state index contributed by atoms with van der Waals surface area (Å²) in [6.07, 6.45) is 1.23. The van der Waals surface area contributed by atoms with Gasteiger partial charge in [-0.1, -0.05) is 0 Å². The highest BCUT2D eigenvalue weighted by molar-refractivity contribution is 7.88. The zero-order valence-electron chi connectivity index (χ0n) is 9.68. The number of piperazine rings is 1. The zero-order chi connectivity index (χ0) is 12.2. The van der Waals surface area contributed by atoms with Crippen LogP contribution in [-0.4, -0.2) is 62.6 Å². The number of hydrogen-bond donors (Lipinski definition) is 2. The van der Waals surface area contributed by atoms with Gasteiger partial charge >= 0.3 is 0 Å². The minimum absolute atomic E-state index is 0.475. The van der Waals surface area contributed by atoms with Crippen LogP contribution < -0.4 is 11.3 Å². The number of guanidine groups is 1. The average Bonchev–Trinajstić information content (AvgIpc) is 2.25. The molecule has 0 radical (unpaired) electrons. The normalized spacial score (nSPS) is 19.9. The van der Waals surface area contributed by atoms with Crippen LogP contribution in [0.15, 0.2) is 4.99 Å².